The molecular formula is C14H18FNOS. The van der Waals surface area contributed by atoms with Crippen LogP contribution in [0, 0.1) is 5.82 Å². The molecule has 1 aliphatic heterocycles. The van der Waals surface area contributed by atoms with Crippen LogP contribution < -0.4 is 5.32 Å². The van der Waals surface area contributed by atoms with E-state index < -0.39 is 10.3 Å². The van der Waals surface area contributed by atoms with Crippen molar-refractivity contribution in [3.8, 4) is 0 Å². The molecule has 98 valence electrons. The van der Waals surface area contributed by atoms with E-state index in [4.69, 9.17) is 0 Å². The Morgan fingerprint density at radius 1 is 1.28 bits per heavy atom. The van der Waals surface area contributed by atoms with Crippen molar-refractivity contribution in [2.45, 2.75) is 37.5 Å². The van der Waals surface area contributed by atoms with Gasteiger partial charge < -0.3 is 5.32 Å². The summed E-state index contributed by atoms with van der Waals surface area (Å²) in [6, 6.07) is 6.66. The maximum atomic E-state index is 13.9. The van der Waals surface area contributed by atoms with Crippen LogP contribution in [-0.2, 0) is 10.3 Å². The summed E-state index contributed by atoms with van der Waals surface area (Å²) >= 11 is 1.62. The van der Waals surface area contributed by atoms with Crippen LogP contribution in [0.2, 0.25) is 0 Å². The predicted octanol–water partition coefficient (Wildman–Crippen LogP) is 3.07. The third-order valence-electron chi connectivity index (χ3n) is 3.47. The number of hydrogen-bond donors (Lipinski definition) is 1. The van der Waals surface area contributed by atoms with Gasteiger partial charge in [-0.2, -0.15) is 0 Å². The smallest absolute Gasteiger partial charge is 0.236 e. The van der Waals surface area contributed by atoms with Gasteiger partial charge in [0, 0.05) is 5.56 Å². The Balaban J connectivity index is 2.38. The average molecular weight is 267 g/mol. The number of hydrogen-bond acceptors (Lipinski definition) is 2. The highest BCUT2D eigenvalue weighted by atomic mass is 32.2. The van der Waals surface area contributed by atoms with E-state index in [1.54, 1.807) is 30.0 Å². The van der Waals surface area contributed by atoms with Crippen molar-refractivity contribution in [2.24, 2.45) is 0 Å². The summed E-state index contributed by atoms with van der Waals surface area (Å²) < 4.78 is 13.5. The molecule has 1 N–H and O–H groups in total. The Labute approximate surface area is 111 Å². The van der Waals surface area contributed by atoms with Gasteiger partial charge in [0.1, 0.15) is 5.82 Å². The van der Waals surface area contributed by atoms with Crippen molar-refractivity contribution in [3.05, 3.63) is 35.6 Å². The van der Waals surface area contributed by atoms with Crippen molar-refractivity contribution in [1.82, 2.24) is 5.32 Å². The molecule has 0 radical (unpaired) electrons. The molecule has 1 atom stereocenters. The molecule has 0 saturated carbocycles. The lowest BCUT2D eigenvalue weighted by Crippen LogP contribution is -2.48. The number of carbonyl (C=O) groups is 1. The fourth-order valence-corrected chi connectivity index (χ4v) is 3.35. The first-order valence-corrected chi connectivity index (χ1v) is 7.05. The minimum absolute atomic E-state index is 0.0317. The molecular weight excluding hydrogens is 249 g/mol. The largest absolute Gasteiger partial charge is 0.346 e. The Morgan fingerprint density at radius 2 is 1.94 bits per heavy atom. The summed E-state index contributed by atoms with van der Waals surface area (Å²) in [7, 11) is 0. The van der Waals surface area contributed by atoms with Crippen LogP contribution in [0.4, 0.5) is 4.39 Å². The van der Waals surface area contributed by atoms with Gasteiger partial charge in [-0.3, -0.25) is 4.79 Å². The van der Waals surface area contributed by atoms with Crippen LogP contribution in [-0.4, -0.2) is 16.4 Å². The fraction of sp³-hybridized carbons (Fsp3) is 0.500. The number of amides is 1. The number of halogens is 1. The van der Waals surface area contributed by atoms with Crippen LogP contribution in [0.1, 0.15) is 32.8 Å². The van der Waals surface area contributed by atoms with E-state index in [2.05, 4.69) is 5.32 Å². The molecule has 0 aliphatic carbocycles. The SMILES string of the molecule is CC1(C)SCC[C@@](C)(c2ccccc2F)NC1=O. The van der Waals surface area contributed by atoms with Gasteiger partial charge in [-0.25, -0.2) is 4.39 Å². The molecule has 4 heteroatoms. The van der Waals surface area contributed by atoms with Crippen LogP contribution in [0.25, 0.3) is 0 Å². The second kappa shape index (κ2) is 4.57. The average Bonchev–Trinajstić information content (AvgIpc) is 2.38. The van der Waals surface area contributed by atoms with Gasteiger partial charge in [0.25, 0.3) is 0 Å². The van der Waals surface area contributed by atoms with Gasteiger partial charge >= 0.3 is 0 Å². The molecule has 0 bridgehead atoms. The monoisotopic (exact) mass is 267 g/mol. The van der Waals surface area contributed by atoms with Crippen LogP contribution in [0.15, 0.2) is 24.3 Å². The third-order valence-corrected chi connectivity index (χ3v) is 4.78. The van der Waals surface area contributed by atoms with Gasteiger partial charge in [0.05, 0.1) is 10.3 Å². The molecule has 0 spiro atoms. The molecule has 2 nitrogen and oxygen atoms in total. The maximum Gasteiger partial charge on any atom is 0.236 e. The molecule has 1 aliphatic rings. The molecule has 1 amide bonds. The quantitative estimate of drug-likeness (QED) is 0.847. The highest BCUT2D eigenvalue weighted by molar-refractivity contribution is 8.01. The van der Waals surface area contributed by atoms with Crippen molar-refractivity contribution < 1.29 is 9.18 Å². The van der Waals surface area contributed by atoms with E-state index in [0.717, 1.165) is 12.2 Å². The van der Waals surface area contributed by atoms with Gasteiger partial charge in [0.15, 0.2) is 0 Å². The summed E-state index contributed by atoms with van der Waals surface area (Å²) in [4.78, 5) is 12.2. The maximum absolute atomic E-state index is 13.9. The molecule has 1 fully saturated rings. The Morgan fingerprint density at radius 3 is 2.61 bits per heavy atom. The van der Waals surface area contributed by atoms with Crippen LogP contribution in [0.3, 0.4) is 0 Å². The number of rotatable bonds is 1. The molecule has 1 heterocycles. The van der Waals surface area contributed by atoms with Crippen LogP contribution in [0.5, 0.6) is 0 Å². The lowest BCUT2D eigenvalue weighted by Gasteiger charge is -2.31. The van der Waals surface area contributed by atoms with E-state index in [1.807, 2.05) is 20.8 Å². The zero-order valence-electron chi connectivity index (χ0n) is 10.9. The van der Waals surface area contributed by atoms with Crippen molar-refractivity contribution in [1.29, 1.82) is 0 Å². The summed E-state index contributed by atoms with van der Waals surface area (Å²) in [5, 5.41) is 3.00. The standard InChI is InChI=1S/C14H18FNOS/c1-13(2)12(17)16-14(3,8-9-18-13)10-6-4-5-7-11(10)15/h4-7H,8-9H2,1-3H3,(H,16,17)/t14-/m0/s1. The van der Waals surface area contributed by atoms with E-state index in [-0.39, 0.29) is 11.7 Å². The second-order valence-corrected chi connectivity index (χ2v) is 7.09. The predicted molar refractivity (Wildman–Crippen MR) is 73.0 cm³/mol. The Kier molecular flexibility index (Phi) is 3.41. The van der Waals surface area contributed by atoms with Gasteiger partial charge in [-0.1, -0.05) is 18.2 Å². The second-order valence-electron chi connectivity index (χ2n) is 5.37. The topological polar surface area (TPSA) is 29.1 Å². The van der Waals surface area contributed by atoms with E-state index >= 15 is 0 Å². The molecule has 1 aromatic rings. The van der Waals surface area contributed by atoms with E-state index in [0.29, 0.717) is 5.56 Å². The summed E-state index contributed by atoms with van der Waals surface area (Å²) in [5.74, 6) is 0.539. The van der Waals surface area contributed by atoms with Crippen LogP contribution >= 0.6 is 11.8 Å². The number of carbonyl (C=O) groups excluding carboxylic acids is 1. The normalized spacial score (nSPS) is 27.4. The zero-order chi connectivity index (χ0) is 13.4. The highest BCUT2D eigenvalue weighted by Crippen LogP contribution is 2.36. The lowest BCUT2D eigenvalue weighted by molar-refractivity contribution is -0.124. The number of nitrogens with one attached hydrogen (secondary N) is 1. The molecule has 1 saturated heterocycles. The van der Waals surface area contributed by atoms with Crippen molar-refractivity contribution in [3.63, 3.8) is 0 Å². The Hall–Kier alpha value is -1.03. The lowest BCUT2D eigenvalue weighted by atomic mass is 9.88. The van der Waals surface area contributed by atoms with E-state index in [1.165, 1.54) is 6.07 Å². The van der Waals surface area contributed by atoms with Crippen molar-refractivity contribution >= 4 is 17.7 Å². The summed E-state index contributed by atoms with van der Waals surface area (Å²) in [6.07, 6.45) is 0.730. The van der Waals surface area contributed by atoms with Gasteiger partial charge in [-0.15, -0.1) is 11.8 Å². The molecule has 0 aromatic heterocycles. The molecule has 18 heavy (non-hydrogen) atoms. The first-order valence-electron chi connectivity index (χ1n) is 6.07. The highest BCUT2D eigenvalue weighted by Gasteiger charge is 2.40. The van der Waals surface area contributed by atoms with E-state index in [9.17, 15) is 9.18 Å². The molecule has 2 rings (SSSR count). The van der Waals surface area contributed by atoms with Crippen molar-refractivity contribution in [2.75, 3.05) is 5.75 Å². The number of thioether (sulfide) groups is 1. The summed E-state index contributed by atoms with van der Waals surface area (Å²) in [5.41, 5.74) is -0.0555. The first kappa shape index (κ1) is 13.4. The Bertz CT molecular complexity index is 475. The minimum Gasteiger partial charge on any atom is -0.346 e. The molecule has 1 aromatic carbocycles. The van der Waals surface area contributed by atoms with Gasteiger partial charge in [-0.05, 0) is 39.0 Å². The third kappa shape index (κ3) is 2.39. The molecule has 0 unspecified atom stereocenters. The van der Waals surface area contributed by atoms with Gasteiger partial charge in [0.2, 0.25) is 5.91 Å². The summed E-state index contributed by atoms with van der Waals surface area (Å²) in [6.45, 7) is 5.70. The minimum atomic E-state index is -0.622. The fourth-order valence-electron chi connectivity index (χ4n) is 2.15. The first-order chi connectivity index (χ1) is 8.35. The zero-order valence-corrected chi connectivity index (χ0v) is 11.7. The number of benzene rings is 1.